The smallest absolute Gasteiger partial charge is 0.231 e. The number of fused-ring (bicyclic) bond motifs is 1. The third kappa shape index (κ3) is 4.73. The number of ether oxygens (including phenoxy) is 3. The molecule has 0 radical (unpaired) electrons. The summed E-state index contributed by atoms with van der Waals surface area (Å²) >= 11 is 1.80. The highest BCUT2D eigenvalue weighted by atomic mass is 32.1. The van der Waals surface area contributed by atoms with Crippen LogP contribution in [0.15, 0.2) is 40.7 Å². The van der Waals surface area contributed by atoms with Crippen LogP contribution in [0.25, 0.3) is 0 Å². The van der Waals surface area contributed by atoms with E-state index in [1.165, 1.54) is 10.4 Å². The number of nitrogens with one attached hydrogen (secondary N) is 2. The zero-order valence-electron chi connectivity index (χ0n) is 17.8. The number of guanidine groups is 1. The van der Waals surface area contributed by atoms with Crippen molar-refractivity contribution in [1.82, 2.24) is 10.6 Å². The zero-order chi connectivity index (χ0) is 20.8. The van der Waals surface area contributed by atoms with Crippen molar-refractivity contribution in [3.8, 4) is 11.5 Å². The molecule has 2 aliphatic heterocycles. The topological polar surface area (TPSA) is 64.1 Å². The van der Waals surface area contributed by atoms with Crippen molar-refractivity contribution >= 4 is 17.3 Å². The first kappa shape index (κ1) is 21.0. The van der Waals surface area contributed by atoms with Gasteiger partial charge in [0.2, 0.25) is 6.79 Å². The van der Waals surface area contributed by atoms with Gasteiger partial charge in [-0.05, 0) is 48.9 Å². The first-order valence-electron chi connectivity index (χ1n) is 10.7. The first-order valence-corrected chi connectivity index (χ1v) is 11.6. The Morgan fingerprint density at radius 1 is 1.17 bits per heavy atom. The highest BCUT2D eigenvalue weighted by molar-refractivity contribution is 7.10. The van der Waals surface area contributed by atoms with E-state index in [1.54, 1.807) is 11.3 Å². The summed E-state index contributed by atoms with van der Waals surface area (Å²) in [6, 6.07) is 10.6. The summed E-state index contributed by atoms with van der Waals surface area (Å²) in [4.78, 5) is 6.39. The maximum absolute atomic E-state index is 5.68. The fourth-order valence-electron chi connectivity index (χ4n) is 4.02. The van der Waals surface area contributed by atoms with Crippen LogP contribution in [0.1, 0.15) is 43.0 Å². The van der Waals surface area contributed by atoms with E-state index in [1.807, 2.05) is 6.07 Å². The van der Waals surface area contributed by atoms with Crippen LogP contribution < -0.4 is 20.1 Å². The molecule has 30 heavy (non-hydrogen) atoms. The van der Waals surface area contributed by atoms with E-state index in [0.29, 0.717) is 19.3 Å². The van der Waals surface area contributed by atoms with E-state index >= 15 is 0 Å². The summed E-state index contributed by atoms with van der Waals surface area (Å²) < 4.78 is 16.8. The molecule has 0 bridgehead atoms. The van der Waals surface area contributed by atoms with Crippen molar-refractivity contribution in [2.75, 3.05) is 39.6 Å². The van der Waals surface area contributed by atoms with Crippen molar-refractivity contribution in [1.29, 1.82) is 0 Å². The molecule has 1 fully saturated rings. The Balaban J connectivity index is 1.50. The second kappa shape index (κ2) is 9.71. The highest BCUT2D eigenvalue weighted by Crippen LogP contribution is 2.41. The number of aliphatic imine (C=N–C) groups is 1. The van der Waals surface area contributed by atoms with Crippen molar-refractivity contribution in [3.63, 3.8) is 0 Å². The summed E-state index contributed by atoms with van der Waals surface area (Å²) in [5, 5.41) is 9.06. The van der Waals surface area contributed by atoms with Gasteiger partial charge in [0.15, 0.2) is 17.5 Å². The van der Waals surface area contributed by atoms with Gasteiger partial charge in [-0.3, -0.25) is 4.99 Å². The summed E-state index contributed by atoms with van der Waals surface area (Å²) in [5.74, 6) is 2.96. The van der Waals surface area contributed by atoms with E-state index in [-0.39, 0.29) is 5.41 Å². The number of benzene rings is 1. The molecule has 0 aliphatic carbocycles. The van der Waals surface area contributed by atoms with Crippen molar-refractivity contribution in [2.24, 2.45) is 4.99 Å². The molecule has 1 unspecified atom stereocenters. The molecule has 0 amide bonds. The normalized spacial score (nSPS) is 18.8. The van der Waals surface area contributed by atoms with E-state index in [4.69, 9.17) is 19.2 Å². The van der Waals surface area contributed by atoms with Crippen LogP contribution in [-0.2, 0) is 10.2 Å². The van der Waals surface area contributed by atoms with E-state index < -0.39 is 0 Å². The Bertz CT molecular complexity index is 847. The Labute approximate surface area is 182 Å². The number of hydrogen-bond acceptors (Lipinski definition) is 5. The molecule has 7 heteroatoms. The lowest BCUT2D eigenvalue weighted by Gasteiger charge is -2.36. The van der Waals surface area contributed by atoms with Crippen molar-refractivity contribution < 1.29 is 14.2 Å². The van der Waals surface area contributed by atoms with Gasteiger partial charge in [-0.15, -0.1) is 11.3 Å². The minimum atomic E-state index is -0.0546. The lowest BCUT2D eigenvalue weighted by Crippen LogP contribution is -2.42. The molecule has 4 rings (SSSR count). The Kier molecular flexibility index (Phi) is 6.79. The summed E-state index contributed by atoms with van der Waals surface area (Å²) in [6.45, 7) is 8.54. The van der Waals surface area contributed by atoms with Gasteiger partial charge in [-0.1, -0.05) is 19.1 Å². The Hall–Kier alpha value is -2.25. The molecule has 6 nitrogen and oxygen atoms in total. The Morgan fingerprint density at radius 3 is 2.77 bits per heavy atom. The molecular weight excluding hydrogens is 398 g/mol. The van der Waals surface area contributed by atoms with Crippen LogP contribution >= 0.6 is 11.3 Å². The average molecular weight is 430 g/mol. The number of hydrogen-bond donors (Lipinski definition) is 2. The molecule has 0 saturated carbocycles. The molecule has 2 aliphatic rings. The molecule has 3 heterocycles. The SMILES string of the molecule is CCNC(=NCC1(c2ccc3c(c2)OCO3)CCOCC1)NCC(C)c1cccs1. The van der Waals surface area contributed by atoms with E-state index in [0.717, 1.165) is 56.6 Å². The minimum Gasteiger partial charge on any atom is -0.454 e. The fourth-order valence-corrected chi connectivity index (χ4v) is 4.81. The average Bonchev–Trinajstić information content (AvgIpc) is 3.47. The molecule has 1 saturated heterocycles. The lowest BCUT2D eigenvalue weighted by molar-refractivity contribution is 0.0530. The molecule has 2 aromatic rings. The summed E-state index contributed by atoms with van der Waals surface area (Å²) in [5.41, 5.74) is 1.20. The monoisotopic (exact) mass is 429 g/mol. The summed E-state index contributed by atoms with van der Waals surface area (Å²) in [7, 11) is 0. The molecule has 162 valence electrons. The standard InChI is InChI=1S/C23H31N3O3S/c1-3-24-22(25-14-17(2)21-5-4-12-30-21)26-15-23(8-10-27-11-9-23)18-6-7-19-20(13-18)29-16-28-19/h4-7,12-13,17H,3,8-11,14-16H2,1-2H3,(H2,24,25,26). The third-order valence-electron chi connectivity index (χ3n) is 5.92. The number of rotatable bonds is 7. The van der Waals surface area contributed by atoms with Gasteiger partial charge in [0, 0.05) is 42.5 Å². The van der Waals surface area contributed by atoms with Gasteiger partial charge in [-0.2, -0.15) is 0 Å². The van der Waals surface area contributed by atoms with Crippen LogP contribution in [0.2, 0.25) is 0 Å². The zero-order valence-corrected chi connectivity index (χ0v) is 18.6. The van der Waals surface area contributed by atoms with E-state index in [2.05, 4.69) is 54.1 Å². The lowest BCUT2D eigenvalue weighted by atomic mass is 9.74. The molecule has 0 spiro atoms. The van der Waals surface area contributed by atoms with Gasteiger partial charge in [0.05, 0.1) is 6.54 Å². The molecular formula is C23H31N3O3S. The minimum absolute atomic E-state index is 0.0546. The van der Waals surface area contributed by atoms with Gasteiger partial charge in [0.1, 0.15) is 0 Å². The Morgan fingerprint density at radius 2 is 2.00 bits per heavy atom. The van der Waals surface area contributed by atoms with E-state index in [9.17, 15) is 0 Å². The molecule has 1 atom stereocenters. The second-order valence-electron chi connectivity index (χ2n) is 7.95. The number of nitrogens with zero attached hydrogens (tertiary/aromatic N) is 1. The van der Waals surface area contributed by atoms with Crippen molar-refractivity contribution in [3.05, 3.63) is 46.2 Å². The molecule has 1 aromatic carbocycles. The molecule has 2 N–H and O–H groups in total. The fraction of sp³-hybridized carbons (Fsp3) is 0.522. The highest BCUT2D eigenvalue weighted by Gasteiger charge is 2.35. The van der Waals surface area contributed by atoms with Crippen LogP contribution in [0.5, 0.6) is 11.5 Å². The van der Waals surface area contributed by atoms with Crippen molar-refractivity contribution in [2.45, 2.75) is 38.0 Å². The number of thiophene rings is 1. The largest absolute Gasteiger partial charge is 0.454 e. The van der Waals surface area contributed by atoms with Crippen LogP contribution in [0.3, 0.4) is 0 Å². The maximum Gasteiger partial charge on any atom is 0.231 e. The quantitative estimate of drug-likeness (QED) is 0.517. The molecule has 1 aromatic heterocycles. The second-order valence-corrected chi connectivity index (χ2v) is 8.93. The van der Waals surface area contributed by atoms with Gasteiger partial charge < -0.3 is 24.8 Å². The van der Waals surface area contributed by atoms with Gasteiger partial charge in [0.25, 0.3) is 0 Å². The predicted octanol–water partition coefficient (Wildman–Crippen LogP) is 3.88. The van der Waals surface area contributed by atoms with Crippen LogP contribution in [0, 0.1) is 0 Å². The maximum atomic E-state index is 5.68. The van der Waals surface area contributed by atoms with Gasteiger partial charge in [-0.25, -0.2) is 0 Å². The van der Waals surface area contributed by atoms with Gasteiger partial charge >= 0.3 is 0 Å². The predicted molar refractivity (Wildman–Crippen MR) is 121 cm³/mol. The van der Waals surface area contributed by atoms with Crippen LogP contribution in [0.4, 0.5) is 0 Å². The first-order chi connectivity index (χ1) is 14.7. The summed E-state index contributed by atoms with van der Waals surface area (Å²) in [6.07, 6.45) is 1.89. The third-order valence-corrected chi connectivity index (χ3v) is 7.03. The van der Waals surface area contributed by atoms with Crippen LogP contribution in [-0.4, -0.2) is 45.6 Å².